The number of benzene rings is 1. The maximum atomic E-state index is 12.7. The van der Waals surface area contributed by atoms with E-state index in [2.05, 4.69) is 10.3 Å². The number of carboxylic acid groups (broad SMARTS) is 1. The standard InChI is InChI=1S/C13H11FN2O2/c14-9-4-6-10(7-5-9)15-8-11-2-1-3-12(16-11)13(17)18/h1-7,15H,8H2,(H,17,18). The van der Waals surface area contributed by atoms with Gasteiger partial charge in [0.1, 0.15) is 11.5 Å². The van der Waals surface area contributed by atoms with E-state index in [1.165, 1.54) is 18.2 Å². The van der Waals surface area contributed by atoms with Crippen molar-refractivity contribution in [2.24, 2.45) is 0 Å². The van der Waals surface area contributed by atoms with Gasteiger partial charge in [0.25, 0.3) is 0 Å². The molecular weight excluding hydrogens is 235 g/mol. The van der Waals surface area contributed by atoms with Crippen molar-refractivity contribution in [1.82, 2.24) is 4.98 Å². The van der Waals surface area contributed by atoms with Crippen LogP contribution >= 0.6 is 0 Å². The third kappa shape index (κ3) is 3.04. The zero-order valence-electron chi connectivity index (χ0n) is 9.43. The Morgan fingerprint density at radius 1 is 1.22 bits per heavy atom. The third-order valence-electron chi connectivity index (χ3n) is 2.34. The Balaban J connectivity index is 2.04. The number of rotatable bonds is 4. The first-order valence-electron chi connectivity index (χ1n) is 5.34. The number of aromatic nitrogens is 1. The number of nitrogens with zero attached hydrogens (tertiary/aromatic N) is 1. The van der Waals surface area contributed by atoms with Crippen LogP contribution in [0.25, 0.3) is 0 Å². The van der Waals surface area contributed by atoms with Crippen molar-refractivity contribution in [3.8, 4) is 0 Å². The molecule has 0 atom stereocenters. The molecule has 4 nitrogen and oxygen atoms in total. The molecule has 1 aromatic carbocycles. The van der Waals surface area contributed by atoms with Crippen molar-refractivity contribution >= 4 is 11.7 Å². The maximum absolute atomic E-state index is 12.7. The molecule has 0 aliphatic heterocycles. The summed E-state index contributed by atoms with van der Waals surface area (Å²) < 4.78 is 12.7. The molecule has 0 unspecified atom stereocenters. The van der Waals surface area contributed by atoms with Crippen molar-refractivity contribution in [3.63, 3.8) is 0 Å². The number of halogens is 1. The summed E-state index contributed by atoms with van der Waals surface area (Å²) in [5, 5.41) is 11.8. The molecule has 92 valence electrons. The topological polar surface area (TPSA) is 62.2 Å². The molecule has 0 bridgehead atoms. The van der Waals surface area contributed by atoms with Gasteiger partial charge in [-0.3, -0.25) is 0 Å². The molecule has 1 aromatic heterocycles. The number of carbonyl (C=O) groups is 1. The van der Waals surface area contributed by atoms with Crippen LogP contribution in [0.2, 0.25) is 0 Å². The van der Waals surface area contributed by atoms with E-state index >= 15 is 0 Å². The van der Waals surface area contributed by atoms with E-state index < -0.39 is 5.97 Å². The molecular formula is C13H11FN2O2. The lowest BCUT2D eigenvalue weighted by Gasteiger charge is -2.06. The molecule has 2 aromatic rings. The first-order chi connectivity index (χ1) is 8.65. The maximum Gasteiger partial charge on any atom is 0.354 e. The van der Waals surface area contributed by atoms with Crippen LogP contribution in [0.5, 0.6) is 0 Å². The van der Waals surface area contributed by atoms with E-state index in [1.807, 2.05) is 0 Å². The molecule has 5 heteroatoms. The van der Waals surface area contributed by atoms with Gasteiger partial charge >= 0.3 is 5.97 Å². The molecule has 0 saturated carbocycles. The van der Waals surface area contributed by atoms with E-state index in [0.717, 1.165) is 5.69 Å². The Kier molecular flexibility index (Phi) is 3.52. The van der Waals surface area contributed by atoms with Crippen molar-refractivity contribution in [1.29, 1.82) is 0 Å². The lowest BCUT2D eigenvalue weighted by Crippen LogP contribution is -2.06. The first kappa shape index (κ1) is 12.0. The van der Waals surface area contributed by atoms with E-state index in [9.17, 15) is 9.18 Å². The fourth-order valence-electron chi connectivity index (χ4n) is 1.46. The van der Waals surface area contributed by atoms with Gasteiger partial charge in [0.05, 0.1) is 12.2 Å². The minimum absolute atomic E-state index is 0.00778. The minimum atomic E-state index is -1.06. The summed E-state index contributed by atoms with van der Waals surface area (Å²) >= 11 is 0. The molecule has 2 N–H and O–H groups in total. The molecule has 1 heterocycles. The van der Waals surface area contributed by atoms with Gasteiger partial charge in [-0.15, -0.1) is 0 Å². The van der Waals surface area contributed by atoms with Gasteiger partial charge in [0.2, 0.25) is 0 Å². The summed E-state index contributed by atoms with van der Waals surface area (Å²) in [6.07, 6.45) is 0. The van der Waals surface area contributed by atoms with Gasteiger partial charge in [-0.1, -0.05) is 6.07 Å². The Labute approximate surface area is 103 Å². The van der Waals surface area contributed by atoms with Crippen LogP contribution in [0.4, 0.5) is 10.1 Å². The summed E-state index contributed by atoms with van der Waals surface area (Å²) in [5.74, 6) is -1.36. The Morgan fingerprint density at radius 2 is 1.94 bits per heavy atom. The molecule has 0 radical (unpaired) electrons. The van der Waals surface area contributed by atoms with Gasteiger partial charge < -0.3 is 10.4 Å². The smallest absolute Gasteiger partial charge is 0.354 e. The second kappa shape index (κ2) is 5.27. The number of nitrogens with one attached hydrogen (secondary N) is 1. The Bertz CT molecular complexity index is 555. The number of hydrogen-bond donors (Lipinski definition) is 2. The zero-order chi connectivity index (χ0) is 13.0. The number of carboxylic acids is 1. The fraction of sp³-hybridized carbons (Fsp3) is 0.0769. The van der Waals surface area contributed by atoms with Crippen LogP contribution in [-0.4, -0.2) is 16.1 Å². The predicted octanol–water partition coefficient (Wildman–Crippen LogP) is 2.53. The number of aromatic carboxylic acids is 1. The molecule has 18 heavy (non-hydrogen) atoms. The van der Waals surface area contributed by atoms with E-state index in [1.54, 1.807) is 24.3 Å². The zero-order valence-corrected chi connectivity index (χ0v) is 9.43. The van der Waals surface area contributed by atoms with E-state index in [-0.39, 0.29) is 11.5 Å². The van der Waals surface area contributed by atoms with Gasteiger partial charge in [0.15, 0.2) is 0 Å². The van der Waals surface area contributed by atoms with Crippen LogP contribution in [0.3, 0.4) is 0 Å². The molecule has 0 spiro atoms. The van der Waals surface area contributed by atoms with Gasteiger partial charge in [-0.25, -0.2) is 14.2 Å². The van der Waals surface area contributed by atoms with Crippen LogP contribution in [0, 0.1) is 5.82 Å². The highest BCUT2D eigenvalue weighted by molar-refractivity contribution is 5.85. The largest absolute Gasteiger partial charge is 0.477 e. The molecule has 0 fully saturated rings. The summed E-state index contributed by atoms with van der Waals surface area (Å²) in [4.78, 5) is 14.7. The highest BCUT2D eigenvalue weighted by atomic mass is 19.1. The van der Waals surface area contributed by atoms with Gasteiger partial charge in [-0.2, -0.15) is 0 Å². The normalized spacial score (nSPS) is 10.1. The van der Waals surface area contributed by atoms with Crippen molar-refractivity contribution in [2.75, 3.05) is 5.32 Å². The molecule has 0 aliphatic rings. The van der Waals surface area contributed by atoms with E-state index in [0.29, 0.717) is 12.2 Å². The van der Waals surface area contributed by atoms with Crippen LogP contribution in [0.15, 0.2) is 42.5 Å². The first-order valence-corrected chi connectivity index (χ1v) is 5.34. The fourth-order valence-corrected chi connectivity index (χ4v) is 1.46. The summed E-state index contributed by atoms with van der Waals surface area (Å²) in [7, 11) is 0. The number of anilines is 1. The average molecular weight is 246 g/mol. The highest BCUT2D eigenvalue weighted by Crippen LogP contribution is 2.09. The summed E-state index contributed by atoms with van der Waals surface area (Å²) in [5.41, 5.74) is 1.37. The van der Waals surface area contributed by atoms with Crippen LogP contribution in [-0.2, 0) is 6.54 Å². The minimum Gasteiger partial charge on any atom is -0.477 e. The van der Waals surface area contributed by atoms with Crippen LogP contribution < -0.4 is 5.32 Å². The quantitative estimate of drug-likeness (QED) is 0.870. The third-order valence-corrected chi connectivity index (χ3v) is 2.34. The number of hydrogen-bond acceptors (Lipinski definition) is 3. The predicted molar refractivity (Wildman–Crippen MR) is 64.9 cm³/mol. The highest BCUT2D eigenvalue weighted by Gasteiger charge is 2.04. The number of pyridine rings is 1. The average Bonchev–Trinajstić information content (AvgIpc) is 2.38. The Hall–Kier alpha value is -2.43. The molecule has 0 saturated heterocycles. The lowest BCUT2D eigenvalue weighted by molar-refractivity contribution is 0.0690. The van der Waals surface area contributed by atoms with E-state index in [4.69, 9.17) is 5.11 Å². The second-order valence-corrected chi connectivity index (χ2v) is 3.68. The molecule has 2 rings (SSSR count). The second-order valence-electron chi connectivity index (χ2n) is 3.68. The van der Waals surface area contributed by atoms with Crippen molar-refractivity contribution < 1.29 is 14.3 Å². The molecule has 0 aliphatic carbocycles. The van der Waals surface area contributed by atoms with Crippen LogP contribution in [0.1, 0.15) is 16.2 Å². The SMILES string of the molecule is O=C(O)c1cccc(CNc2ccc(F)cc2)n1. The van der Waals surface area contributed by atoms with Crippen molar-refractivity contribution in [2.45, 2.75) is 6.54 Å². The monoisotopic (exact) mass is 246 g/mol. The molecule has 0 amide bonds. The lowest BCUT2D eigenvalue weighted by atomic mass is 10.2. The van der Waals surface area contributed by atoms with Crippen molar-refractivity contribution in [3.05, 3.63) is 59.7 Å². The van der Waals surface area contributed by atoms with Gasteiger partial charge in [-0.05, 0) is 36.4 Å². The Morgan fingerprint density at radius 3 is 2.61 bits per heavy atom. The summed E-state index contributed by atoms with van der Waals surface area (Å²) in [6.45, 7) is 0.382. The summed E-state index contributed by atoms with van der Waals surface area (Å²) in [6, 6.07) is 10.7. The van der Waals surface area contributed by atoms with Gasteiger partial charge in [0, 0.05) is 5.69 Å².